The van der Waals surface area contributed by atoms with Gasteiger partial charge in [-0.2, -0.15) is 0 Å². The molecule has 4 aromatic rings. The monoisotopic (exact) mass is 412 g/mol. The van der Waals surface area contributed by atoms with Crippen LogP contribution in [0.4, 0.5) is 0 Å². The maximum Gasteiger partial charge on any atom is 0.137 e. The van der Waals surface area contributed by atoms with E-state index in [9.17, 15) is 0 Å². The van der Waals surface area contributed by atoms with E-state index in [1.165, 1.54) is 16.7 Å². The molecule has 5 rings (SSSR count). The molecule has 0 amide bonds. The first-order chi connectivity index (χ1) is 14.5. The fourth-order valence-corrected chi connectivity index (χ4v) is 5.28. The summed E-state index contributed by atoms with van der Waals surface area (Å²) < 4.78 is 6.14. The van der Waals surface area contributed by atoms with E-state index in [0.717, 1.165) is 33.9 Å². The third-order valence-electron chi connectivity index (χ3n) is 6.68. The smallest absolute Gasteiger partial charge is 0.137 e. The Morgan fingerprint density at radius 2 is 1.73 bits per heavy atom. The SMILES string of the molecule is CC1=C[C@H](C(C)(c2ccccc2)c2ccc3oc4cc(Cl)cc(C)c4c3c2)CC=C1. The van der Waals surface area contributed by atoms with Gasteiger partial charge in [-0.3, -0.25) is 0 Å². The van der Waals surface area contributed by atoms with Crippen molar-refractivity contribution in [3.8, 4) is 0 Å². The highest BCUT2D eigenvalue weighted by Crippen LogP contribution is 2.45. The van der Waals surface area contributed by atoms with Crippen molar-refractivity contribution in [3.05, 3.63) is 106 Å². The Kier molecular flexibility index (Phi) is 4.60. The van der Waals surface area contributed by atoms with Crippen LogP contribution in [0.15, 0.2) is 88.9 Å². The van der Waals surface area contributed by atoms with E-state index in [1.54, 1.807) is 0 Å². The summed E-state index contributed by atoms with van der Waals surface area (Å²) in [6.07, 6.45) is 7.98. The molecule has 2 atom stereocenters. The van der Waals surface area contributed by atoms with E-state index in [0.29, 0.717) is 10.9 Å². The van der Waals surface area contributed by atoms with Crippen molar-refractivity contribution < 1.29 is 4.42 Å². The Labute approximate surface area is 182 Å². The molecule has 0 saturated carbocycles. The van der Waals surface area contributed by atoms with E-state index in [-0.39, 0.29) is 5.41 Å². The van der Waals surface area contributed by atoms with Gasteiger partial charge in [-0.25, -0.2) is 0 Å². The highest BCUT2D eigenvalue weighted by atomic mass is 35.5. The van der Waals surface area contributed by atoms with Gasteiger partial charge < -0.3 is 4.42 Å². The molecule has 0 N–H and O–H groups in total. The number of rotatable bonds is 3. The zero-order valence-corrected chi connectivity index (χ0v) is 18.3. The molecule has 1 heterocycles. The van der Waals surface area contributed by atoms with Crippen LogP contribution in [0.5, 0.6) is 0 Å². The average molecular weight is 413 g/mol. The van der Waals surface area contributed by atoms with Crippen molar-refractivity contribution in [2.75, 3.05) is 0 Å². The van der Waals surface area contributed by atoms with E-state index in [2.05, 4.69) is 87.5 Å². The summed E-state index contributed by atoms with van der Waals surface area (Å²) in [5.41, 5.74) is 6.73. The first-order valence-electron chi connectivity index (χ1n) is 10.5. The Morgan fingerprint density at radius 3 is 2.50 bits per heavy atom. The molecule has 0 saturated heterocycles. The molecule has 30 heavy (non-hydrogen) atoms. The van der Waals surface area contributed by atoms with Gasteiger partial charge in [0.1, 0.15) is 11.2 Å². The fraction of sp³-hybridized carbons (Fsp3) is 0.214. The second-order valence-electron chi connectivity index (χ2n) is 8.63. The third-order valence-corrected chi connectivity index (χ3v) is 6.90. The maximum absolute atomic E-state index is 6.28. The van der Waals surface area contributed by atoms with Crippen LogP contribution in [0.1, 0.15) is 37.0 Å². The lowest BCUT2D eigenvalue weighted by atomic mass is 9.64. The second kappa shape index (κ2) is 7.18. The molecule has 0 bridgehead atoms. The molecule has 0 aliphatic heterocycles. The Balaban J connectivity index is 1.77. The summed E-state index contributed by atoms with van der Waals surface area (Å²) in [7, 11) is 0. The van der Waals surface area contributed by atoms with E-state index >= 15 is 0 Å². The lowest BCUT2D eigenvalue weighted by Gasteiger charge is -2.38. The summed E-state index contributed by atoms with van der Waals surface area (Å²) in [4.78, 5) is 0. The van der Waals surface area contributed by atoms with Crippen LogP contribution in [0.2, 0.25) is 5.02 Å². The predicted molar refractivity (Wildman–Crippen MR) is 127 cm³/mol. The zero-order valence-electron chi connectivity index (χ0n) is 17.6. The summed E-state index contributed by atoms with van der Waals surface area (Å²) in [5.74, 6) is 0.385. The summed E-state index contributed by atoms with van der Waals surface area (Å²) in [5, 5.41) is 3.02. The molecule has 1 nitrogen and oxygen atoms in total. The number of benzene rings is 3. The minimum atomic E-state index is -0.147. The molecule has 0 radical (unpaired) electrons. The molecule has 150 valence electrons. The second-order valence-corrected chi connectivity index (χ2v) is 9.07. The molecule has 0 fully saturated rings. The molecular formula is C28H25ClO. The normalized spacial score (nSPS) is 18.5. The van der Waals surface area contributed by atoms with Gasteiger partial charge in [-0.15, -0.1) is 0 Å². The fourth-order valence-electron chi connectivity index (χ4n) is 5.02. The summed E-state index contributed by atoms with van der Waals surface area (Å²) >= 11 is 6.28. The lowest BCUT2D eigenvalue weighted by Crippen LogP contribution is -2.33. The van der Waals surface area contributed by atoms with Crippen LogP contribution in [-0.4, -0.2) is 0 Å². The average Bonchev–Trinajstić information content (AvgIpc) is 3.11. The van der Waals surface area contributed by atoms with E-state index < -0.39 is 0 Å². The maximum atomic E-state index is 6.28. The number of halogens is 1. The number of fused-ring (bicyclic) bond motifs is 3. The van der Waals surface area contributed by atoms with Gasteiger partial charge in [0.05, 0.1) is 0 Å². The van der Waals surface area contributed by atoms with Crippen LogP contribution < -0.4 is 0 Å². The molecule has 1 aliphatic rings. The number of hydrogen-bond donors (Lipinski definition) is 0. The molecule has 1 aromatic heterocycles. The van der Waals surface area contributed by atoms with Crippen molar-refractivity contribution in [1.82, 2.24) is 0 Å². The largest absolute Gasteiger partial charge is 0.456 e. The van der Waals surface area contributed by atoms with Gasteiger partial charge >= 0.3 is 0 Å². The summed E-state index contributed by atoms with van der Waals surface area (Å²) in [6, 6.07) is 21.5. The molecule has 0 spiro atoms. The van der Waals surface area contributed by atoms with Crippen molar-refractivity contribution >= 4 is 33.5 Å². The predicted octanol–water partition coefficient (Wildman–Crippen LogP) is 8.38. The van der Waals surface area contributed by atoms with Gasteiger partial charge in [0, 0.05) is 27.3 Å². The van der Waals surface area contributed by atoms with Crippen molar-refractivity contribution in [2.45, 2.75) is 32.6 Å². The zero-order chi connectivity index (χ0) is 20.9. The van der Waals surface area contributed by atoms with Crippen LogP contribution in [0.25, 0.3) is 21.9 Å². The van der Waals surface area contributed by atoms with Crippen LogP contribution in [0, 0.1) is 12.8 Å². The van der Waals surface area contributed by atoms with Crippen LogP contribution in [0.3, 0.4) is 0 Å². The Bertz CT molecular complexity index is 1310. The minimum Gasteiger partial charge on any atom is -0.456 e. The highest BCUT2D eigenvalue weighted by Gasteiger charge is 2.37. The standard InChI is InChI=1S/C28H25ClO/c1-18-8-7-11-21(14-18)28(3,20-9-5-4-6-10-20)22-12-13-25-24(16-22)27-19(2)15-23(29)17-26(27)30-25/h4-10,12-17,21H,11H2,1-3H3/t21-,28?/m1/s1. The van der Waals surface area contributed by atoms with Gasteiger partial charge in [-0.05, 0) is 61.1 Å². The van der Waals surface area contributed by atoms with E-state index in [1.807, 2.05) is 12.1 Å². The van der Waals surface area contributed by atoms with E-state index in [4.69, 9.17) is 16.0 Å². The van der Waals surface area contributed by atoms with Gasteiger partial charge in [-0.1, -0.05) is 78.7 Å². The first-order valence-corrected chi connectivity index (χ1v) is 10.9. The molecule has 2 heteroatoms. The summed E-state index contributed by atoms with van der Waals surface area (Å²) in [6.45, 7) is 6.67. The third kappa shape index (κ3) is 3.00. The van der Waals surface area contributed by atoms with Crippen LogP contribution >= 0.6 is 11.6 Å². The molecule has 1 aliphatic carbocycles. The van der Waals surface area contributed by atoms with Crippen molar-refractivity contribution in [2.24, 2.45) is 5.92 Å². The van der Waals surface area contributed by atoms with Gasteiger partial charge in [0.2, 0.25) is 0 Å². The molecule has 3 aromatic carbocycles. The number of aryl methyl sites for hydroxylation is 1. The van der Waals surface area contributed by atoms with Gasteiger partial charge in [0.25, 0.3) is 0 Å². The molecular weight excluding hydrogens is 388 g/mol. The van der Waals surface area contributed by atoms with Gasteiger partial charge in [0.15, 0.2) is 0 Å². The lowest BCUT2D eigenvalue weighted by molar-refractivity contribution is 0.414. The number of hydrogen-bond acceptors (Lipinski definition) is 1. The van der Waals surface area contributed by atoms with Crippen molar-refractivity contribution in [1.29, 1.82) is 0 Å². The highest BCUT2D eigenvalue weighted by molar-refractivity contribution is 6.31. The van der Waals surface area contributed by atoms with Crippen LogP contribution in [-0.2, 0) is 5.41 Å². The number of furan rings is 1. The Hall–Kier alpha value is -2.77. The number of allylic oxidation sites excluding steroid dienone is 4. The topological polar surface area (TPSA) is 13.1 Å². The quantitative estimate of drug-likeness (QED) is 0.329. The molecule has 1 unspecified atom stereocenters. The minimum absolute atomic E-state index is 0.147. The van der Waals surface area contributed by atoms with Crippen molar-refractivity contribution in [3.63, 3.8) is 0 Å². The first kappa shape index (κ1) is 19.2. The Morgan fingerprint density at radius 1 is 0.933 bits per heavy atom.